The van der Waals surface area contributed by atoms with Crippen LogP contribution in [0, 0.1) is 0 Å². The smallest absolute Gasteiger partial charge is 0.231 e. The quantitative estimate of drug-likeness (QED) is 0.726. The van der Waals surface area contributed by atoms with Crippen molar-refractivity contribution in [3.63, 3.8) is 0 Å². The minimum absolute atomic E-state index is 0.125. The number of rotatable bonds is 2. The Morgan fingerprint density at radius 2 is 2.00 bits per heavy atom. The van der Waals surface area contributed by atoms with Crippen LogP contribution in [0.2, 0.25) is 0 Å². The summed E-state index contributed by atoms with van der Waals surface area (Å²) in [6.45, 7) is 0.125. The van der Waals surface area contributed by atoms with Gasteiger partial charge in [0.2, 0.25) is 6.79 Å². The van der Waals surface area contributed by atoms with E-state index in [0.717, 1.165) is 0 Å². The number of benzene rings is 1. The molecule has 1 aromatic carbocycles. The van der Waals surface area contributed by atoms with Gasteiger partial charge in [-0.1, -0.05) is 0 Å². The van der Waals surface area contributed by atoms with Crippen molar-refractivity contribution >= 4 is 21.4 Å². The van der Waals surface area contributed by atoms with Crippen molar-refractivity contribution < 1.29 is 17.9 Å². The Morgan fingerprint density at radius 1 is 1.29 bits per heavy atom. The van der Waals surface area contributed by atoms with Crippen molar-refractivity contribution in [2.24, 2.45) is 0 Å². The van der Waals surface area contributed by atoms with Crippen LogP contribution < -0.4 is 9.47 Å². The Labute approximate surface area is 86.3 Å². The molecule has 0 amide bonds. The highest BCUT2D eigenvalue weighted by atomic mass is 35.5. The topological polar surface area (TPSA) is 52.6 Å². The summed E-state index contributed by atoms with van der Waals surface area (Å²) in [6, 6.07) is 4.42. The Morgan fingerprint density at radius 3 is 2.71 bits per heavy atom. The highest BCUT2D eigenvalue weighted by Crippen LogP contribution is 2.34. The number of hydrogen-bond acceptors (Lipinski definition) is 4. The lowest BCUT2D eigenvalue weighted by molar-refractivity contribution is 0.174. The summed E-state index contributed by atoms with van der Waals surface area (Å²) in [6.07, 6.45) is 0. The molecule has 76 valence electrons. The van der Waals surface area contributed by atoms with Gasteiger partial charge in [0.25, 0.3) is 0 Å². The molecule has 14 heavy (non-hydrogen) atoms. The SMILES string of the molecule is O=S(=O)(CCl)c1ccc2c(c1)OCO2. The zero-order chi connectivity index (χ0) is 10.2. The van der Waals surface area contributed by atoms with E-state index in [4.69, 9.17) is 21.1 Å². The Kier molecular flexibility index (Phi) is 2.28. The molecule has 0 saturated carbocycles. The lowest BCUT2D eigenvalue weighted by Gasteiger charge is -2.01. The standard InChI is InChI=1S/C8H7ClO4S/c9-4-14(10,11)6-1-2-7-8(3-6)13-5-12-7/h1-3H,4-5H2. The minimum Gasteiger partial charge on any atom is -0.454 e. The van der Waals surface area contributed by atoms with Crippen LogP contribution in [0.15, 0.2) is 23.1 Å². The fourth-order valence-electron chi connectivity index (χ4n) is 1.13. The fourth-order valence-corrected chi connectivity index (χ4v) is 2.20. The molecule has 0 saturated heterocycles. The van der Waals surface area contributed by atoms with Crippen LogP contribution in [-0.4, -0.2) is 20.4 Å². The predicted octanol–water partition coefficient (Wildman–Crippen LogP) is 1.39. The van der Waals surface area contributed by atoms with Gasteiger partial charge in [0.15, 0.2) is 21.3 Å². The van der Waals surface area contributed by atoms with Gasteiger partial charge in [0, 0.05) is 6.07 Å². The summed E-state index contributed by atoms with van der Waals surface area (Å²) in [5.41, 5.74) is 0. The van der Waals surface area contributed by atoms with Crippen LogP contribution in [0.1, 0.15) is 0 Å². The molecule has 6 heteroatoms. The van der Waals surface area contributed by atoms with Crippen LogP contribution in [0.3, 0.4) is 0 Å². The first-order valence-corrected chi connectivity index (χ1v) is 6.00. The first-order chi connectivity index (χ1) is 6.63. The molecule has 0 atom stereocenters. The molecule has 0 N–H and O–H groups in total. The van der Waals surface area contributed by atoms with Gasteiger partial charge in [-0.3, -0.25) is 0 Å². The average molecular weight is 235 g/mol. The average Bonchev–Trinajstić information content (AvgIpc) is 2.64. The van der Waals surface area contributed by atoms with Gasteiger partial charge in [-0.05, 0) is 12.1 Å². The van der Waals surface area contributed by atoms with E-state index >= 15 is 0 Å². The minimum atomic E-state index is -3.39. The molecule has 0 fully saturated rings. The summed E-state index contributed by atoms with van der Waals surface area (Å²) in [5.74, 6) is 0.995. The number of ether oxygens (including phenoxy) is 2. The highest BCUT2D eigenvalue weighted by Gasteiger charge is 2.19. The molecule has 1 aliphatic rings. The van der Waals surface area contributed by atoms with E-state index in [2.05, 4.69) is 0 Å². The van der Waals surface area contributed by atoms with E-state index in [-0.39, 0.29) is 11.7 Å². The zero-order valence-corrected chi connectivity index (χ0v) is 8.64. The third-order valence-electron chi connectivity index (χ3n) is 1.85. The number of hydrogen-bond donors (Lipinski definition) is 0. The Bertz CT molecular complexity index is 454. The van der Waals surface area contributed by atoms with Gasteiger partial charge in [-0.25, -0.2) is 8.42 Å². The number of halogens is 1. The predicted molar refractivity (Wildman–Crippen MR) is 50.5 cm³/mol. The van der Waals surface area contributed by atoms with Crippen LogP contribution in [0.5, 0.6) is 11.5 Å². The summed E-state index contributed by atoms with van der Waals surface area (Å²) < 4.78 is 32.8. The van der Waals surface area contributed by atoms with Crippen LogP contribution in [0.4, 0.5) is 0 Å². The molecule has 1 aliphatic heterocycles. The molecule has 1 aromatic rings. The summed E-state index contributed by atoms with van der Waals surface area (Å²) in [7, 11) is -3.39. The largest absolute Gasteiger partial charge is 0.454 e. The van der Waals surface area contributed by atoms with Gasteiger partial charge in [-0.2, -0.15) is 0 Å². The number of fused-ring (bicyclic) bond motifs is 1. The lowest BCUT2D eigenvalue weighted by atomic mass is 10.3. The van der Waals surface area contributed by atoms with Crippen molar-refractivity contribution in [3.8, 4) is 11.5 Å². The van der Waals surface area contributed by atoms with Gasteiger partial charge in [0.1, 0.15) is 5.21 Å². The van der Waals surface area contributed by atoms with E-state index in [9.17, 15) is 8.42 Å². The molecule has 1 heterocycles. The van der Waals surface area contributed by atoms with E-state index in [1.165, 1.54) is 12.1 Å². The number of alkyl halides is 1. The molecule has 0 radical (unpaired) electrons. The van der Waals surface area contributed by atoms with Crippen molar-refractivity contribution in [1.29, 1.82) is 0 Å². The van der Waals surface area contributed by atoms with E-state index < -0.39 is 15.0 Å². The fraction of sp³-hybridized carbons (Fsp3) is 0.250. The van der Waals surface area contributed by atoms with Gasteiger partial charge < -0.3 is 9.47 Å². The van der Waals surface area contributed by atoms with Crippen molar-refractivity contribution in [2.75, 3.05) is 12.0 Å². The summed E-state index contributed by atoms with van der Waals surface area (Å²) >= 11 is 5.32. The molecule has 0 spiro atoms. The third kappa shape index (κ3) is 1.53. The molecule has 2 rings (SSSR count). The normalized spacial score (nSPS) is 14.4. The van der Waals surface area contributed by atoms with Gasteiger partial charge >= 0.3 is 0 Å². The van der Waals surface area contributed by atoms with E-state index in [1.54, 1.807) is 6.07 Å². The molecular formula is C8H7ClO4S. The maximum atomic E-state index is 11.4. The van der Waals surface area contributed by atoms with Crippen molar-refractivity contribution in [2.45, 2.75) is 4.90 Å². The number of sulfone groups is 1. The van der Waals surface area contributed by atoms with Crippen LogP contribution >= 0.6 is 11.6 Å². The first-order valence-electron chi connectivity index (χ1n) is 3.82. The second-order valence-corrected chi connectivity index (χ2v) is 5.31. The first kappa shape index (κ1) is 9.61. The molecule has 0 aromatic heterocycles. The van der Waals surface area contributed by atoms with Crippen LogP contribution in [0.25, 0.3) is 0 Å². The zero-order valence-electron chi connectivity index (χ0n) is 7.07. The second-order valence-electron chi connectivity index (χ2n) is 2.74. The van der Waals surface area contributed by atoms with Gasteiger partial charge in [-0.15, -0.1) is 11.6 Å². The Balaban J connectivity index is 2.48. The summed E-state index contributed by atoms with van der Waals surface area (Å²) in [4.78, 5) is 0.150. The Hall–Kier alpha value is -0.940. The third-order valence-corrected chi connectivity index (χ3v) is 3.97. The highest BCUT2D eigenvalue weighted by molar-refractivity contribution is 7.92. The van der Waals surface area contributed by atoms with Gasteiger partial charge in [0.05, 0.1) is 4.90 Å². The molecule has 0 unspecified atom stereocenters. The molecular weight excluding hydrogens is 228 g/mol. The second kappa shape index (κ2) is 3.33. The lowest BCUT2D eigenvalue weighted by Crippen LogP contribution is -2.01. The van der Waals surface area contributed by atoms with Crippen molar-refractivity contribution in [1.82, 2.24) is 0 Å². The van der Waals surface area contributed by atoms with E-state index in [1.807, 2.05) is 0 Å². The maximum absolute atomic E-state index is 11.4. The monoisotopic (exact) mass is 234 g/mol. The summed E-state index contributed by atoms with van der Waals surface area (Å²) in [5, 5.41) is -0.438. The molecule has 0 bridgehead atoms. The molecule has 4 nitrogen and oxygen atoms in total. The molecule has 0 aliphatic carbocycles. The maximum Gasteiger partial charge on any atom is 0.231 e. The van der Waals surface area contributed by atoms with Crippen LogP contribution in [-0.2, 0) is 9.84 Å². The van der Waals surface area contributed by atoms with E-state index in [0.29, 0.717) is 11.5 Å². The van der Waals surface area contributed by atoms with Crippen molar-refractivity contribution in [3.05, 3.63) is 18.2 Å².